The molecule has 0 amide bonds. The summed E-state index contributed by atoms with van der Waals surface area (Å²) in [5.41, 5.74) is 11.9. The number of hydrogen-bond donors (Lipinski definition) is 0. The Balaban J connectivity index is 1.09. The molecule has 0 aliphatic heterocycles. The average molecular weight is 867 g/mol. The highest BCUT2D eigenvalue weighted by atomic mass is 16.3. The zero-order valence-corrected chi connectivity index (χ0v) is 36.6. The molecule has 0 aliphatic carbocycles. The molecule has 316 valence electrons. The lowest BCUT2D eigenvalue weighted by Crippen LogP contribution is -2.02. The molecule has 0 atom stereocenters. The molecular weight excluding hydrogens is 829 g/mol. The summed E-state index contributed by atoms with van der Waals surface area (Å²) < 4.78 is 9.54. The van der Waals surface area contributed by atoms with Gasteiger partial charge in [0.25, 0.3) is 0 Å². The van der Waals surface area contributed by atoms with Gasteiger partial charge in [-0.3, -0.25) is 0 Å². The third-order valence-electron chi connectivity index (χ3n) is 13.6. The van der Waals surface area contributed by atoms with Gasteiger partial charge >= 0.3 is 0 Å². The number of hydrogen-bond acceptors (Lipinski definition) is 4. The van der Waals surface area contributed by atoms with Gasteiger partial charge in [0.15, 0.2) is 23.1 Å². The lowest BCUT2D eigenvalue weighted by Gasteiger charge is -2.14. The van der Waals surface area contributed by atoms with E-state index in [0.717, 1.165) is 93.8 Å². The first-order valence-electron chi connectivity index (χ1n) is 23.0. The second kappa shape index (κ2) is 15.2. The largest absolute Gasteiger partial charge is 0.454 e. The first kappa shape index (κ1) is 38.1. The minimum Gasteiger partial charge on any atom is -0.454 e. The van der Waals surface area contributed by atoms with Crippen LogP contribution >= 0.6 is 0 Å². The predicted molar refractivity (Wildman–Crippen MR) is 281 cm³/mol. The topological polar surface area (TPSA) is 56.7 Å². The van der Waals surface area contributed by atoms with Gasteiger partial charge in [0.05, 0.1) is 16.7 Å². The molecule has 5 nitrogen and oxygen atoms in total. The molecule has 0 saturated carbocycles. The highest BCUT2D eigenvalue weighted by Crippen LogP contribution is 2.45. The monoisotopic (exact) mass is 866 g/mol. The molecule has 0 bridgehead atoms. The Morgan fingerprint density at radius 3 is 1.60 bits per heavy atom. The van der Waals surface area contributed by atoms with E-state index in [1.54, 1.807) is 0 Å². The van der Waals surface area contributed by atoms with Crippen molar-refractivity contribution in [3.63, 3.8) is 0 Å². The fourth-order valence-electron chi connectivity index (χ4n) is 10.3. The number of benzene rings is 11. The molecule has 0 spiro atoms. The Bertz CT molecular complexity index is 4300. The van der Waals surface area contributed by atoms with Crippen molar-refractivity contribution in [3.05, 3.63) is 231 Å². The van der Waals surface area contributed by atoms with Crippen LogP contribution in [-0.4, -0.2) is 19.5 Å². The van der Waals surface area contributed by atoms with E-state index in [1.165, 1.54) is 26.9 Å². The Labute approximate surface area is 390 Å². The molecule has 5 heteroatoms. The maximum atomic E-state index is 7.12. The Morgan fingerprint density at radius 2 is 0.853 bits per heavy atom. The van der Waals surface area contributed by atoms with Crippen LogP contribution in [0.15, 0.2) is 235 Å². The molecule has 68 heavy (non-hydrogen) atoms. The summed E-state index contributed by atoms with van der Waals surface area (Å²) >= 11 is 0. The predicted octanol–water partition coefficient (Wildman–Crippen LogP) is 16.7. The van der Waals surface area contributed by atoms with Crippen LogP contribution in [0.1, 0.15) is 0 Å². The number of fused-ring (bicyclic) bond motifs is 11. The van der Waals surface area contributed by atoms with Gasteiger partial charge in [-0.2, -0.15) is 0 Å². The summed E-state index contributed by atoms with van der Waals surface area (Å²) in [5, 5.41) is 11.3. The molecule has 0 unspecified atom stereocenters. The fraction of sp³-hybridized carbons (Fsp3) is 0. The van der Waals surface area contributed by atoms with Crippen molar-refractivity contribution in [2.24, 2.45) is 0 Å². The van der Waals surface area contributed by atoms with Gasteiger partial charge in [-0.25, -0.2) is 15.0 Å². The van der Waals surface area contributed by atoms with Gasteiger partial charge in [0.2, 0.25) is 0 Å². The van der Waals surface area contributed by atoms with E-state index >= 15 is 0 Å². The van der Waals surface area contributed by atoms with E-state index in [0.29, 0.717) is 17.5 Å². The second-order valence-electron chi connectivity index (χ2n) is 17.6. The number of aromatic nitrogens is 4. The molecule has 14 rings (SSSR count). The SMILES string of the molecule is c1ccc(-c2ccc(-c3nc(-c4cccc(-c5ccccc5)c4)nc(-c4cc(-n5c6cc7ccccc7cc6c6ccc7ccccc7c65)c5oc6ccc7ccccc7c6c5c4)n3)cc2)cc1. The Morgan fingerprint density at radius 1 is 0.309 bits per heavy atom. The zero-order valence-electron chi connectivity index (χ0n) is 36.6. The summed E-state index contributed by atoms with van der Waals surface area (Å²) in [6.07, 6.45) is 0. The van der Waals surface area contributed by atoms with Crippen LogP contribution in [0.25, 0.3) is 138 Å². The maximum Gasteiger partial charge on any atom is 0.164 e. The van der Waals surface area contributed by atoms with Crippen LogP contribution in [-0.2, 0) is 0 Å². The molecule has 0 fully saturated rings. The summed E-state index contributed by atoms with van der Waals surface area (Å²) in [6.45, 7) is 0. The van der Waals surface area contributed by atoms with Gasteiger partial charge in [0, 0.05) is 43.6 Å². The van der Waals surface area contributed by atoms with Gasteiger partial charge < -0.3 is 8.98 Å². The lowest BCUT2D eigenvalue weighted by atomic mass is 10.0. The maximum absolute atomic E-state index is 7.12. The molecule has 0 N–H and O–H groups in total. The number of nitrogens with zero attached hydrogens (tertiary/aromatic N) is 4. The van der Waals surface area contributed by atoms with E-state index in [2.05, 4.69) is 223 Å². The van der Waals surface area contributed by atoms with Crippen LogP contribution in [0.3, 0.4) is 0 Å². The van der Waals surface area contributed by atoms with Crippen molar-refractivity contribution in [3.8, 4) is 62.1 Å². The average Bonchev–Trinajstić information content (AvgIpc) is 3.96. The molecular formula is C63H38N4O. The molecule has 14 aromatic rings. The van der Waals surface area contributed by atoms with Crippen LogP contribution in [0.5, 0.6) is 0 Å². The molecule has 3 aromatic heterocycles. The van der Waals surface area contributed by atoms with Crippen LogP contribution in [0, 0.1) is 0 Å². The van der Waals surface area contributed by atoms with Crippen molar-refractivity contribution in [2.75, 3.05) is 0 Å². The van der Waals surface area contributed by atoms with Gasteiger partial charge in [-0.05, 0) is 85.6 Å². The zero-order chi connectivity index (χ0) is 44.7. The van der Waals surface area contributed by atoms with Crippen LogP contribution < -0.4 is 0 Å². The smallest absolute Gasteiger partial charge is 0.164 e. The van der Waals surface area contributed by atoms with E-state index < -0.39 is 0 Å². The van der Waals surface area contributed by atoms with Crippen molar-refractivity contribution in [1.29, 1.82) is 0 Å². The number of furan rings is 1. The Kier molecular flexibility index (Phi) is 8.52. The first-order chi connectivity index (χ1) is 33.7. The minimum absolute atomic E-state index is 0.566. The summed E-state index contributed by atoms with van der Waals surface area (Å²) in [7, 11) is 0. The summed E-state index contributed by atoms with van der Waals surface area (Å²) in [4.78, 5) is 16.1. The Hall–Kier alpha value is -9.19. The third kappa shape index (κ3) is 6.14. The van der Waals surface area contributed by atoms with E-state index in [4.69, 9.17) is 19.4 Å². The van der Waals surface area contributed by atoms with Crippen LogP contribution in [0.4, 0.5) is 0 Å². The highest BCUT2D eigenvalue weighted by Gasteiger charge is 2.24. The fourth-order valence-corrected chi connectivity index (χ4v) is 10.3. The standard InChI is InChI=1S/C63H38N4O/c1-3-14-39(15-4-1)41-26-28-44(29-27-41)61-64-62(48-23-13-22-45(34-48)40-16-5-2-6-17-40)66-63(65-61)49-36-54-58-50-24-11-9-18-42(50)31-33-57(58)68-60(54)56(38-49)67-55-37-47-21-8-7-20-46(47)35-53(55)52-32-30-43-19-10-12-25-51(43)59(52)67/h1-38H. The van der Waals surface area contributed by atoms with Gasteiger partial charge in [-0.15, -0.1) is 0 Å². The third-order valence-corrected chi connectivity index (χ3v) is 13.6. The highest BCUT2D eigenvalue weighted by molar-refractivity contribution is 6.24. The normalized spacial score (nSPS) is 11.8. The first-order valence-corrected chi connectivity index (χ1v) is 23.0. The van der Waals surface area contributed by atoms with E-state index in [1.807, 2.05) is 12.1 Å². The van der Waals surface area contributed by atoms with Crippen LogP contribution in [0.2, 0.25) is 0 Å². The second-order valence-corrected chi connectivity index (χ2v) is 17.6. The van der Waals surface area contributed by atoms with Crippen molar-refractivity contribution in [1.82, 2.24) is 19.5 Å². The molecule has 0 saturated heterocycles. The number of rotatable bonds is 6. The molecule has 11 aromatic carbocycles. The van der Waals surface area contributed by atoms with Gasteiger partial charge in [0.1, 0.15) is 5.58 Å². The minimum atomic E-state index is 0.566. The molecule has 3 heterocycles. The van der Waals surface area contributed by atoms with E-state index in [9.17, 15) is 0 Å². The van der Waals surface area contributed by atoms with E-state index in [-0.39, 0.29) is 0 Å². The summed E-state index contributed by atoms with van der Waals surface area (Å²) in [6, 6.07) is 81.6. The molecule has 0 radical (unpaired) electrons. The quantitative estimate of drug-likeness (QED) is 0.167. The summed E-state index contributed by atoms with van der Waals surface area (Å²) in [5.74, 6) is 1.75. The van der Waals surface area contributed by atoms with Crippen molar-refractivity contribution < 1.29 is 4.42 Å². The molecule has 0 aliphatic rings. The lowest BCUT2D eigenvalue weighted by molar-refractivity contribution is 0.666. The van der Waals surface area contributed by atoms with Crippen molar-refractivity contribution in [2.45, 2.75) is 0 Å². The van der Waals surface area contributed by atoms with Crippen molar-refractivity contribution >= 4 is 76.1 Å². The van der Waals surface area contributed by atoms with Gasteiger partial charge in [-0.1, -0.05) is 194 Å².